The van der Waals surface area contributed by atoms with E-state index in [4.69, 9.17) is 0 Å². The number of H-pyrrole nitrogens is 1. The SMILES string of the molecule is Cc1cnc(CCNC(=O)C2(C)CCCN(C(=O)Cc3c(C)n[nH]c3C)C2)s1. The van der Waals surface area contributed by atoms with Crippen molar-refractivity contribution in [2.75, 3.05) is 19.6 Å². The second kappa shape index (κ2) is 8.43. The summed E-state index contributed by atoms with van der Waals surface area (Å²) in [7, 11) is 0. The van der Waals surface area contributed by atoms with E-state index in [-0.39, 0.29) is 11.8 Å². The van der Waals surface area contributed by atoms with Crippen molar-refractivity contribution >= 4 is 23.2 Å². The molecule has 3 heterocycles. The number of carbonyl (C=O) groups excluding carboxylic acids is 2. The van der Waals surface area contributed by atoms with E-state index in [2.05, 4.69) is 20.5 Å². The number of amides is 2. The molecule has 1 aliphatic rings. The highest BCUT2D eigenvalue weighted by molar-refractivity contribution is 7.11. The quantitative estimate of drug-likeness (QED) is 0.774. The van der Waals surface area contributed by atoms with Crippen LogP contribution in [0.2, 0.25) is 0 Å². The molecule has 8 heteroatoms. The minimum Gasteiger partial charge on any atom is -0.355 e. The number of aromatic amines is 1. The lowest BCUT2D eigenvalue weighted by Crippen LogP contribution is -2.52. The molecule has 0 aromatic carbocycles. The summed E-state index contributed by atoms with van der Waals surface area (Å²) in [5, 5.41) is 11.2. The topological polar surface area (TPSA) is 91.0 Å². The van der Waals surface area contributed by atoms with E-state index in [1.54, 1.807) is 11.3 Å². The van der Waals surface area contributed by atoms with Crippen molar-refractivity contribution in [1.29, 1.82) is 0 Å². The Morgan fingerprint density at radius 3 is 2.79 bits per heavy atom. The molecule has 7 nitrogen and oxygen atoms in total. The first-order valence-electron chi connectivity index (χ1n) is 9.76. The van der Waals surface area contributed by atoms with Gasteiger partial charge in [-0.1, -0.05) is 0 Å². The summed E-state index contributed by atoms with van der Waals surface area (Å²) >= 11 is 1.66. The van der Waals surface area contributed by atoms with Crippen molar-refractivity contribution < 1.29 is 9.59 Å². The lowest BCUT2D eigenvalue weighted by atomic mass is 9.80. The molecule has 2 amide bonds. The summed E-state index contributed by atoms with van der Waals surface area (Å²) in [6.45, 7) is 9.57. The molecule has 0 spiro atoms. The number of likely N-dealkylation sites (tertiary alicyclic amines) is 1. The van der Waals surface area contributed by atoms with Crippen molar-refractivity contribution in [3.05, 3.63) is 33.0 Å². The van der Waals surface area contributed by atoms with Gasteiger partial charge in [0.15, 0.2) is 0 Å². The number of hydrogen-bond acceptors (Lipinski definition) is 5. The number of piperidine rings is 1. The van der Waals surface area contributed by atoms with Gasteiger partial charge in [0.1, 0.15) is 0 Å². The highest BCUT2D eigenvalue weighted by Crippen LogP contribution is 2.30. The third kappa shape index (κ3) is 4.60. The molecule has 1 atom stereocenters. The fourth-order valence-electron chi connectivity index (χ4n) is 3.75. The van der Waals surface area contributed by atoms with Crippen LogP contribution in [0, 0.1) is 26.2 Å². The summed E-state index contributed by atoms with van der Waals surface area (Å²) in [5.74, 6) is 0.0820. The molecule has 28 heavy (non-hydrogen) atoms. The Kier molecular flexibility index (Phi) is 6.17. The summed E-state index contributed by atoms with van der Waals surface area (Å²) in [4.78, 5) is 33.0. The minimum absolute atomic E-state index is 0.0222. The van der Waals surface area contributed by atoms with Crippen molar-refractivity contribution in [2.45, 2.75) is 53.4 Å². The molecule has 1 aliphatic heterocycles. The number of carbonyl (C=O) groups is 2. The second-order valence-electron chi connectivity index (χ2n) is 7.94. The van der Waals surface area contributed by atoms with Crippen LogP contribution in [0.5, 0.6) is 0 Å². The monoisotopic (exact) mass is 403 g/mol. The van der Waals surface area contributed by atoms with Crippen molar-refractivity contribution in [1.82, 2.24) is 25.4 Å². The van der Waals surface area contributed by atoms with E-state index in [0.29, 0.717) is 26.1 Å². The molecule has 2 aromatic heterocycles. The average Bonchev–Trinajstić information content (AvgIpc) is 3.21. The Bertz CT molecular complexity index is 839. The van der Waals surface area contributed by atoms with Gasteiger partial charge in [-0.2, -0.15) is 5.10 Å². The third-order valence-corrected chi connectivity index (χ3v) is 6.47. The standard InChI is InChI=1S/C20H29N5O2S/c1-13-11-22-17(28-13)6-8-21-19(27)20(4)7-5-9-25(12-20)18(26)10-16-14(2)23-24-15(16)3/h11H,5-10,12H2,1-4H3,(H,21,27)(H,23,24). The molecule has 1 saturated heterocycles. The predicted molar refractivity (Wildman–Crippen MR) is 109 cm³/mol. The zero-order chi connectivity index (χ0) is 20.3. The zero-order valence-electron chi connectivity index (χ0n) is 17.1. The third-order valence-electron chi connectivity index (χ3n) is 5.50. The van der Waals surface area contributed by atoms with Crippen LogP contribution < -0.4 is 5.32 Å². The number of aromatic nitrogens is 3. The molecule has 0 aliphatic carbocycles. The van der Waals surface area contributed by atoms with Gasteiger partial charge in [-0.25, -0.2) is 4.98 Å². The molecule has 0 radical (unpaired) electrons. The first-order chi connectivity index (χ1) is 13.3. The van der Waals surface area contributed by atoms with Gasteiger partial charge in [-0.15, -0.1) is 11.3 Å². The molecule has 3 rings (SSSR count). The van der Waals surface area contributed by atoms with Crippen molar-refractivity contribution in [3.63, 3.8) is 0 Å². The van der Waals surface area contributed by atoms with Gasteiger partial charge in [0.05, 0.1) is 22.5 Å². The fourth-order valence-corrected chi connectivity index (χ4v) is 4.54. The van der Waals surface area contributed by atoms with Crippen LogP contribution in [0.1, 0.15) is 46.6 Å². The number of thiazole rings is 1. The van der Waals surface area contributed by atoms with Crippen LogP contribution in [0.3, 0.4) is 0 Å². The Hall–Kier alpha value is -2.22. The van der Waals surface area contributed by atoms with Gasteiger partial charge in [-0.3, -0.25) is 14.7 Å². The van der Waals surface area contributed by atoms with Gasteiger partial charge >= 0.3 is 0 Å². The molecular weight excluding hydrogens is 374 g/mol. The van der Waals surface area contributed by atoms with Gasteiger partial charge < -0.3 is 10.2 Å². The summed E-state index contributed by atoms with van der Waals surface area (Å²) in [6, 6.07) is 0. The molecule has 152 valence electrons. The number of hydrogen-bond donors (Lipinski definition) is 2. The van der Waals surface area contributed by atoms with Gasteiger partial charge in [0.2, 0.25) is 11.8 Å². The summed E-state index contributed by atoms with van der Waals surface area (Å²) < 4.78 is 0. The molecule has 2 N–H and O–H groups in total. The van der Waals surface area contributed by atoms with E-state index < -0.39 is 5.41 Å². The van der Waals surface area contributed by atoms with Crippen LogP contribution in [0.25, 0.3) is 0 Å². The number of nitrogens with zero attached hydrogens (tertiary/aromatic N) is 3. The van der Waals surface area contributed by atoms with E-state index in [0.717, 1.165) is 41.2 Å². The maximum Gasteiger partial charge on any atom is 0.227 e. The summed E-state index contributed by atoms with van der Waals surface area (Å²) in [5.41, 5.74) is 2.20. The van der Waals surface area contributed by atoms with E-state index in [1.807, 2.05) is 38.8 Å². The maximum atomic E-state index is 12.8. The van der Waals surface area contributed by atoms with Gasteiger partial charge in [0.25, 0.3) is 0 Å². The van der Waals surface area contributed by atoms with Gasteiger partial charge in [-0.05, 0) is 40.5 Å². The largest absolute Gasteiger partial charge is 0.355 e. The molecule has 1 fully saturated rings. The highest BCUT2D eigenvalue weighted by atomic mass is 32.1. The Balaban J connectivity index is 1.55. The van der Waals surface area contributed by atoms with Crippen LogP contribution >= 0.6 is 11.3 Å². The van der Waals surface area contributed by atoms with E-state index in [1.165, 1.54) is 4.88 Å². The molecule has 2 aromatic rings. The van der Waals surface area contributed by atoms with Crippen LogP contribution in [-0.4, -0.2) is 51.5 Å². The minimum atomic E-state index is -0.548. The van der Waals surface area contributed by atoms with Crippen molar-refractivity contribution in [3.8, 4) is 0 Å². The Labute approximate surface area is 169 Å². The second-order valence-corrected chi connectivity index (χ2v) is 9.26. The predicted octanol–water partition coefficient (Wildman–Crippen LogP) is 2.32. The lowest BCUT2D eigenvalue weighted by molar-refractivity contribution is -0.140. The maximum absolute atomic E-state index is 12.8. The zero-order valence-corrected chi connectivity index (χ0v) is 17.9. The fraction of sp³-hybridized carbons (Fsp3) is 0.600. The number of rotatable bonds is 6. The molecule has 0 bridgehead atoms. The lowest BCUT2D eigenvalue weighted by Gasteiger charge is -2.39. The van der Waals surface area contributed by atoms with E-state index >= 15 is 0 Å². The van der Waals surface area contributed by atoms with Crippen molar-refractivity contribution in [2.24, 2.45) is 5.41 Å². The number of aryl methyl sites for hydroxylation is 3. The van der Waals surface area contributed by atoms with Crippen LogP contribution in [0.4, 0.5) is 0 Å². The first kappa shape index (κ1) is 20.5. The average molecular weight is 404 g/mol. The molecular formula is C20H29N5O2S. The highest BCUT2D eigenvalue weighted by Gasteiger charge is 2.39. The van der Waals surface area contributed by atoms with Crippen LogP contribution in [-0.2, 0) is 22.4 Å². The Morgan fingerprint density at radius 1 is 1.36 bits per heavy atom. The summed E-state index contributed by atoms with van der Waals surface area (Å²) in [6.07, 6.45) is 4.56. The Morgan fingerprint density at radius 2 is 2.14 bits per heavy atom. The van der Waals surface area contributed by atoms with Gasteiger partial charge in [0, 0.05) is 48.4 Å². The normalized spacial score (nSPS) is 19.6. The van der Waals surface area contributed by atoms with Crippen LogP contribution in [0.15, 0.2) is 6.20 Å². The number of nitrogens with one attached hydrogen (secondary N) is 2. The van der Waals surface area contributed by atoms with E-state index in [9.17, 15) is 9.59 Å². The first-order valence-corrected chi connectivity index (χ1v) is 10.6. The molecule has 1 unspecified atom stereocenters. The molecule has 0 saturated carbocycles. The smallest absolute Gasteiger partial charge is 0.227 e.